The van der Waals surface area contributed by atoms with E-state index < -0.39 is 5.60 Å². The van der Waals surface area contributed by atoms with Crippen molar-refractivity contribution in [3.8, 4) is 23.0 Å². The first-order valence-electron chi connectivity index (χ1n) is 12.7. The first-order valence-corrected chi connectivity index (χ1v) is 12.7. The molecule has 2 heterocycles. The van der Waals surface area contributed by atoms with Gasteiger partial charge in [0.2, 0.25) is 0 Å². The van der Waals surface area contributed by atoms with Crippen LogP contribution in [0.2, 0.25) is 0 Å². The van der Waals surface area contributed by atoms with Gasteiger partial charge in [-0.2, -0.15) is 0 Å². The highest BCUT2D eigenvalue weighted by atomic mass is 16.5. The topological polar surface area (TPSA) is 62.2 Å². The Labute approximate surface area is 213 Å². The molecule has 0 saturated carbocycles. The second-order valence-electron chi connectivity index (χ2n) is 10.4. The largest absolute Gasteiger partial charge is 0.508 e. The van der Waals surface area contributed by atoms with E-state index in [0.717, 1.165) is 52.6 Å². The third-order valence-electron chi connectivity index (χ3n) is 7.64. The number of allylic oxidation sites excluding steroid dienone is 1. The third kappa shape index (κ3) is 4.44. The Morgan fingerprint density at radius 1 is 1.08 bits per heavy atom. The zero-order valence-corrected chi connectivity index (χ0v) is 21.5. The molecule has 1 saturated heterocycles. The lowest BCUT2D eigenvalue weighted by Crippen LogP contribution is -2.36. The molecule has 2 N–H and O–H groups in total. The molecule has 5 nitrogen and oxygen atoms in total. The van der Waals surface area contributed by atoms with E-state index >= 15 is 0 Å². The lowest BCUT2D eigenvalue weighted by atomic mass is 9.79. The minimum atomic E-state index is -0.936. The van der Waals surface area contributed by atoms with Gasteiger partial charge in [0.1, 0.15) is 29.6 Å². The van der Waals surface area contributed by atoms with Crippen LogP contribution in [0.3, 0.4) is 0 Å². The first-order chi connectivity index (χ1) is 17.3. The zero-order valence-electron chi connectivity index (χ0n) is 21.5. The lowest BCUT2D eigenvalue weighted by Gasteiger charge is -2.38. The van der Waals surface area contributed by atoms with E-state index in [0.29, 0.717) is 18.4 Å². The van der Waals surface area contributed by atoms with Crippen molar-refractivity contribution in [3.63, 3.8) is 0 Å². The maximum Gasteiger partial charge on any atom is 0.178 e. The van der Waals surface area contributed by atoms with E-state index in [1.54, 1.807) is 24.3 Å². The van der Waals surface area contributed by atoms with Crippen LogP contribution in [0.4, 0.5) is 0 Å². The number of aromatic hydroxyl groups is 2. The molecule has 3 aromatic carbocycles. The number of ether oxygens (including phenoxy) is 2. The van der Waals surface area contributed by atoms with E-state index in [4.69, 9.17) is 9.47 Å². The maximum absolute atomic E-state index is 10.5. The monoisotopic (exact) mass is 485 g/mol. The summed E-state index contributed by atoms with van der Waals surface area (Å²) in [6.45, 7) is 11.4. The quantitative estimate of drug-likeness (QED) is 0.432. The summed E-state index contributed by atoms with van der Waals surface area (Å²) in [5.74, 6) is 2.69. The minimum absolute atomic E-state index is 0.199. The van der Waals surface area contributed by atoms with Crippen LogP contribution in [0.15, 0.2) is 66.7 Å². The number of phenols is 2. The molecule has 0 spiro atoms. The number of fused-ring (bicyclic) bond motifs is 1. The third-order valence-corrected chi connectivity index (χ3v) is 7.64. The molecule has 0 amide bonds. The second-order valence-corrected chi connectivity index (χ2v) is 10.4. The fraction of sp³-hybridized carbons (Fsp3) is 0.355. The Bertz CT molecular complexity index is 1280. The summed E-state index contributed by atoms with van der Waals surface area (Å²) in [5, 5.41) is 20.5. The molecule has 1 fully saturated rings. The van der Waals surface area contributed by atoms with Crippen LogP contribution in [0.1, 0.15) is 49.4 Å². The molecule has 0 aliphatic carbocycles. The predicted octanol–water partition coefficient (Wildman–Crippen LogP) is 6.25. The molecular formula is C31H35NO4. The van der Waals surface area contributed by atoms with Gasteiger partial charge in [-0.3, -0.25) is 4.90 Å². The molecule has 36 heavy (non-hydrogen) atoms. The number of likely N-dealkylation sites (tertiary alicyclic amines) is 1. The van der Waals surface area contributed by atoms with Crippen LogP contribution >= 0.6 is 0 Å². The van der Waals surface area contributed by atoms with E-state index in [1.165, 1.54) is 6.42 Å². The average Bonchev–Trinajstić information content (AvgIpc) is 3.31. The van der Waals surface area contributed by atoms with Crippen molar-refractivity contribution in [2.45, 2.75) is 45.8 Å². The van der Waals surface area contributed by atoms with Crippen LogP contribution in [-0.4, -0.2) is 40.9 Å². The number of phenolic OH excluding ortho intramolecular Hbond substituents is 2. The van der Waals surface area contributed by atoms with Crippen molar-refractivity contribution in [1.29, 1.82) is 0 Å². The number of rotatable bonds is 6. The summed E-state index contributed by atoms with van der Waals surface area (Å²) in [4.78, 5) is 2.50. The Hall–Kier alpha value is -3.44. The van der Waals surface area contributed by atoms with E-state index in [9.17, 15) is 10.2 Å². The summed E-state index contributed by atoms with van der Waals surface area (Å²) < 4.78 is 12.9. The fourth-order valence-corrected chi connectivity index (χ4v) is 5.45. The summed E-state index contributed by atoms with van der Waals surface area (Å²) in [5.41, 5.74) is 3.47. The average molecular weight is 486 g/mol. The molecular weight excluding hydrogens is 450 g/mol. The Kier molecular flexibility index (Phi) is 6.44. The summed E-state index contributed by atoms with van der Waals surface area (Å²) in [7, 11) is 0. The first kappa shape index (κ1) is 24.3. The summed E-state index contributed by atoms with van der Waals surface area (Å²) >= 11 is 0. The fourth-order valence-electron chi connectivity index (χ4n) is 5.45. The van der Waals surface area contributed by atoms with Crippen LogP contribution in [0.25, 0.3) is 5.57 Å². The predicted molar refractivity (Wildman–Crippen MR) is 143 cm³/mol. The highest BCUT2D eigenvalue weighted by Crippen LogP contribution is 2.47. The molecule has 5 heteroatoms. The molecule has 0 radical (unpaired) electrons. The van der Waals surface area contributed by atoms with Gasteiger partial charge in [-0.15, -0.1) is 0 Å². The highest BCUT2D eigenvalue weighted by molar-refractivity contribution is 5.75. The summed E-state index contributed by atoms with van der Waals surface area (Å²) in [6, 6.07) is 19.1. The van der Waals surface area contributed by atoms with Crippen LogP contribution in [0, 0.1) is 12.8 Å². The zero-order chi connectivity index (χ0) is 25.4. The van der Waals surface area contributed by atoms with Gasteiger partial charge in [0.05, 0.1) is 0 Å². The molecule has 2 aliphatic rings. The van der Waals surface area contributed by atoms with Gasteiger partial charge in [-0.25, -0.2) is 0 Å². The molecule has 1 unspecified atom stereocenters. The number of hydrogen-bond donors (Lipinski definition) is 2. The van der Waals surface area contributed by atoms with Gasteiger partial charge in [-0.1, -0.05) is 31.2 Å². The number of hydrogen-bond acceptors (Lipinski definition) is 5. The van der Waals surface area contributed by atoms with E-state index in [-0.39, 0.29) is 11.5 Å². The molecule has 5 rings (SSSR count). The SMILES string of the molecule is CC1=CC(c2ccc(OC[C@H](C)N3CC[C@@H](C)C3)cc2)(c2cccc(O)c2C)Oc2ccc(O)cc21. The van der Waals surface area contributed by atoms with Crippen molar-refractivity contribution >= 4 is 5.57 Å². The summed E-state index contributed by atoms with van der Waals surface area (Å²) in [6.07, 6.45) is 3.33. The van der Waals surface area contributed by atoms with Gasteiger partial charge in [-0.05, 0) is 93.3 Å². The van der Waals surface area contributed by atoms with Crippen LogP contribution < -0.4 is 9.47 Å². The second kappa shape index (κ2) is 9.55. The van der Waals surface area contributed by atoms with Gasteiger partial charge < -0.3 is 19.7 Å². The molecule has 188 valence electrons. The Morgan fingerprint density at radius 3 is 2.58 bits per heavy atom. The molecule has 3 aromatic rings. The molecule has 0 aromatic heterocycles. The van der Waals surface area contributed by atoms with Gasteiger partial charge in [0.25, 0.3) is 0 Å². The van der Waals surface area contributed by atoms with Crippen LogP contribution in [-0.2, 0) is 5.60 Å². The number of benzene rings is 3. The molecule has 3 atom stereocenters. The Balaban J connectivity index is 1.48. The van der Waals surface area contributed by atoms with Crippen molar-refractivity contribution in [1.82, 2.24) is 4.90 Å². The normalized spacial score (nSPS) is 22.4. The smallest absolute Gasteiger partial charge is 0.178 e. The highest BCUT2D eigenvalue weighted by Gasteiger charge is 2.40. The van der Waals surface area contributed by atoms with Crippen molar-refractivity contribution in [2.75, 3.05) is 19.7 Å². The van der Waals surface area contributed by atoms with Crippen molar-refractivity contribution < 1.29 is 19.7 Å². The van der Waals surface area contributed by atoms with Crippen LogP contribution in [0.5, 0.6) is 23.0 Å². The van der Waals surface area contributed by atoms with Crippen molar-refractivity contribution in [3.05, 3.63) is 89.0 Å². The lowest BCUT2D eigenvalue weighted by molar-refractivity contribution is 0.157. The maximum atomic E-state index is 10.5. The minimum Gasteiger partial charge on any atom is -0.508 e. The van der Waals surface area contributed by atoms with Gasteiger partial charge in [0.15, 0.2) is 5.60 Å². The van der Waals surface area contributed by atoms with Gasteiger partial charge >= 0.3 is 0 Å². The van der Waals surface area contributed by atoms with Gasteiger partial charge in [0, 0.05) is 29.3 Å². The Morgan fingerprint density at radius 2 is 1.86 bits per heavy atom. The number of nitrogens with zero attached hydrogens (tertiary/aromatic N) is 1. The van der Waals surface area contributed by atoms with E-state index in [2.05, 4.69) is 24.8 Å². The standard InChI is InChI=1S/C31H35NO4/c1-20-14-15-32(18-20)22(3)19-35-26-11-8-24(9-12-26)31(28-6-5-7-29(34)23(28)4)17-21(2)27-16-25(33)10-13-30(27)36-31/h5-13,16-17,20,22,33-34H,14-15,18-19H2,1-4H3/t20-,22+,31?/m1/s1. The molecule has 0 bridgehead atoms. The van der Waals surface area contributed by atoms with E-state index in [1.807, 2.05) is 50.2 Å². The molecule has 2 aliphatic heterocycles. The van der Waals surface area contributed by atoms with Crippen molar-refractivity contribution in [2.24, 2.45) is 5.92 Å².